The van der Waals surface area contributed by atoms with Crippen LogP contribution in [0.15, 0.2) is 44.2 Å². The van der Waals surface area contributed by atoms with Crippen LogP contribution in [0, 0.1) is 0 Å². The number of hydrogen-bond acceptors (Lipinski definition) is 7. The zero-order valence-electron chi connectivity index (χ0n) is 14.9. The van der Waals surface area contributed by atoms with Crippen LogP contribution in [0.1, 0.15) is 25.0 Å². The molecular weight excluding hydrogens is 402 g/mol. The Morgan fingerprint density at radius 1 is 1.32 bits per heavy atom. The van der Waals surface area contributed by atoms with E-state index in [0.717, 1.165) is 0 Å². The highest BCUT2D eigenvalue weighted by atomic mass is 32.2. The number of nitrogens with one attached hydrogen (secondary N) is 1. The molecule has 10 heteroatoms. The average Bonchev–Trinajstić information content (AvgIpc) is 3.34. The van der Waals surface area contributed by atoms with E-state index in [1.54, 1.807) is 29.8 Å². The fourth-order valence-electron chi connectivity index (χ4n) is 2.56. The number of furan rings is 1. The summed E-state index contributed by atoms with van der Waals surface area (Å²) in [6.45, 7) is 0.661. The van der Waals surface area contributed by atoms with Crippen LogP contribution in [-0.2, 0) is 22.7 Å². The predicted molar refractivity (Wildman–Crippen MR) is 107 cm³/mol. The SMILES string of the molecule is O=C(O)CCCCn1c(SCC(=O)NCc2ccco2)nc2ccsc2c1=O. The number of fused-ring (bicyclic) bond motifs is 1. The van der Waals surface area contributed by atoms with E-state index in [4.69, 9.17) is 9.52 Å². The number of amides is 1. The van der Waals surface area contributed by atoms with Crippen LogP contribution >= 0.6 is 23.1 Å². The van der Waals surface area contributed by atoms with Crippen LogP contribution in [0.5, 0.6) is 0 Å². The van der Waals surface area contributed by atoms with Crippen LogP contribution in [0.3, 0.4) is 0 Å². The summed E-state index contributed by atoms with van der Waals surface area (Å²) < 4.78 is 7.27. The third-order valence-corrected chi connectivity index (χ3v) is 5.79. The van der Waals surface area contributed by atoms with Crippen molar-refractivity contribution in [3.63, 3.8) is 0 Å². The Morgan fingerprint density at radius 3 is 2.93 bits per heavy atom. The minimum atomic E-state index is -0.859. The molecule has 0 atom stereocenters. The van der Waals surface area contributed by atoms with Gasteiger partial charge in [0.05, 0.1) is 24.1 Å². The van der Waals surface area contributed by atoms with Gasteiger partial charge in [-0.1, -0.05) is 11.8 Å². The van der Waals surface area contributed by atoms with Crippen molar-refractivity contribution in [2.24, 2.45) is 0 Å². The number of thiophene rings is 1. The molecule has 8 nitrogen and oxygen atoms in total. The van der Waals surface area contributed by atoms with Crippen LogP contribution in [0.25, 0.3) is 10.2 Å². The van der Waals surface area contributed by atoms with Gasteiger partial charge in [-0.05, 0) is 36.4 Å². The van der Waals surface area contributed by atoms with Crippen molar-refractivity contribution in [3.8, 4) is 0 Å². The lowest BCUT2D eigenvalue weighted by molar-refractivity contribution is -0.137. The van der Waals surface area contributed by atoms with Crippen molar-refractivity contribution in [1.82, 2.24) is 14.9 Å². The minimum Gasteiger partial charge on any atom is -0.481 e. The standard InChI is InChI=1S/C18H19N3O5S2/c22-14(19-10-12-4-3-8-26-12)11-28-18-20-13-6-9-27-16(13)17(25)21(18)7-2-1-5-15(23)24/h3-4,6,8-9H,1-2,5,7,10-11H2,(H,19,22)(H,23,24). The van der Waals surface area contributed by atoms with Crippen molar-refractivity contribution in [2.75, 3.05) is 5.75 Å². The molecule has 148 valence electrons. The van der Waals surface area contributed by atoms with Crippen LogP contribution in [0.2, 0.25) is 0 Å². The third-order valence-electron chi connectivity index (χ3n) is 3.93. The Morgan fingerprint density at radius 2 is 2.18 bits per heavy atom. The lowest BCUT2D eigenvalue weighted by Gasteiger charge is -2.11. The lowest BCUT2D eigenvalue weighted by Crippen LogP contribution is -2.26. The molecule has 0 fully saturated rings. The maximum absolute atomic E-state index is 12.8. The molecule has 0 spiro atoms. The summed E-state index contributed by atoms with van der Waals surface area (Å²) in [7, 11) is 0. The molecule has 2 N–H and O–H groups in total. The number of thioether (sulfide) groups is 1. The van der Waals surface area contributed by atoms with E-state index in [0.29, 0.717) is 47.1 Å². The number of carbonyl (C=O) groups excluding carboxylic acids is 1. The molecule has 3 aromatic rings. The van der Waals surface area contributed by atoms with Gasteiger partial charge in [0.2, 0.25) is 5.91 Å². The molecule has 0 aliphatic rings. The molecule has 3 heterocycles. The van der Waals surface area contributed by atoms with E-state index in [2.05, 4.69) is 10.3 Å². The highest BCUT2D eigenvalue weighted by Crippen LogP contribution is 2.21. The van der Waals surface area contributed by atoms with Gasteiger partial charge < -0.3 is 14.8 Å². The molecule has 3 aromatic heterocycles. The number of carbonyl (C=O) groups is 2. The van der Waals surface area contributed by atoms with Gasteiger partial charge in [-0.3, -0.25) is 19.0 Å². The number of carboxylic acid groups (broad SMARTS) is 1. The first kappa shape index (κ1) is 20.2. The maximum atomic E-state index is 12.8. The second-order valence-electron chi connectivity index (χ2n) is 5.98. The highest BCUT2D eigenvalue weighted by Gasteiger charge is 2.14. The Hall–Kier alpha value is -2.59. The summed E-state index contributed by atoms with van der Waals surface area (Å²) in [5, 5.41) is 13.8. The summed E-state index contributed by atoms with van der Waals surface area (Å²) >= 11 is 2.51. The highest BCUT2D eigenvalue weighted by molar-refractivity contribution is 7.99. The molecule has 0 aliphatic carbocycles. The van der Waals surface area contributed by atoms with E-state index >= 15 is 0 Å². The molecule has 28 heavy (non-hydrogen) atoms. The Bertz CT molecular complexity index is 1010. The van der Waals surface area contributed by atoms with E-state index in [9.17, 15) is 14.4 Å². The van der Waals surface area contributed by atoms with Crippen molar-refractivity contribution >= 4 is 45.2 Å². The van der Waals surface area contributed by atoms with Gasteiger partial charge in [0.25, 0.3) is 5.56 Å². The van der Waals surface area contributed by atoms with Gasteiger partial charge in [-0.2, -0.15) is 0 Å². The van der Waals surface area contributed by atoms with Gasteiger partial charge in [-0.25, -0.2) is 4.98 Å². The van der Waals surface area contributed by atoms with Gasteiger partial charge in [-0.15, -0.1) is 11.3 Å². The fourth-order valence-corrected chi connectivity index (χ4v) is 4.19. The number of nitrogens with zero attached hydrogens (tertiary/aromatic N) is 2. The molecule has 0 aromatic carbocycles. The fraction of sp³-hybridized carbons (Fsp3) is 0.333. The van der Waals surface area contributed by atoms with Gasteiger partial charge in [0, 0.05) is 13.0 Å². The second kappa shape index (κ2) is 9.56. The van der Waals surface area contributed by atoms with Crippen molar-refractivity contribution in [1.29, 1.82) is 0 Å². The summed E-state index contributed by atoms with van der Waals surface area (Å²) in [5.41, 5.74) is 0.448. The summed E-state index contributed by atoms with van der Waals surface area (Å²) in [4.78, 5) is 40.0. The first-order valence-corrected chi connectivity index (χ1v) is 10.5. The number of carboxylic acids is 1. The number of rotatable bonds is 10. The lowest BCUT2D eigenvalue weighted by atomic mass is 10.2. The number of hydrogen-bond donors (Lipinski definition) is 2. The molecule has 0 unspecified atom stereocenters. The molecule has 0 radical (unpaired) electrons. The van der Waals surface area contributed by atoms with E-state index in [1.165, 1.54) is 27.7 Å². The monoisotopic (exact) mass is 421 g/mol. The predicted octanol–water partition coefficient (Wildman–Crippen LogP) is 2.71. The van der Waals surface area contributed by atoms with Gasteiger partial charge in [0.1, 0.15) is 10.5 Å². The number of aliphatic carboxylic acids is 1. The van der Waals surface area contributed by atoms with Crippen molar-refractivity contribution in [3.05, 3.63) is 46.0 Å². The molecule has 0 bridgehead atoms. The minimum absolute atomic E-state index is 0.0566. The average molecular weight is 422 g/mol. The van der Waals surface area contributed by atoms with Crippen molar-refractivity contribution < 1.29 is 19.1 Å². The summed E-state index contributed by atoms with van der Waals surface area (Å²) in [6.07, 6.45) is 2.61. The smallest absolute Gasteiger partial charge is 0.303 e. The number of aromatic nitrogens is 2. The third kappa shape index (κ3) is 5.23. The van der Waals surface area contributed by atoms with E-state index < -0.39 is 5.97 Å². The Balaban J connectivity index is 1.67. The zero-order chi connectivity index (χ0) is 19.9. The quantitative estimate of drug-likeness (QED) is 0.294. The number of unbranched alkanes of at least 4 members (excludes halogenated alkanes) is 1. The van der Waals surface area contributed by atoms with E-state index in [-0.39, 0.29) is 23.6 Å². The molecule has 1 amide bonds. The Kier molecular flexibility index (Phi) is 6.88. The normalized spacial score (nSPS) is 11.0. The van der Waals surface area contributed by atoms with Crippen molar-refractivity contribution in [2.45, 2.75) is 37.5 Å². The first-order valence-electron chi connectivity index (χ1n) is 8.66. The zero-order valence-corrected chi connectivity index (χ0v) is 16.6. The Labute approximate surface area is 168 Å². The topological polar surface area (TPSA) is 114 Å². The van der Waals surface area contributed by atoms with Gasteiger partial charge in [0.15, 0.2) is 5.16 Å². The molecule has 3 rings (SSSR count). The van der Waals surface area contributed by atoms with Crippen LogP contribution in [0.4, 0.5) is 0 Å². The summed E-state index contributed by atoms with van der Waals surface area (Å²) in [6, 6.07) is 5.30. The first-order chi connectivity index (χ1) is 13.5. The largest absolute Gasteiger partial charge is 0.481 e. The maximum Gasteiger partial charge on any atom is 0.303 e. The van der Waals surface area contributed by atoms with E-state index in [1.807, 2.05) is 0 Å². The molecule has 0 aliphatic heterocycles. The molecular formula is C18H19N3O5S2. The summed E-state index contributed by atoms with van der Waals surface area (Å²) in [5.74, 6) is -0.287. The van der Waals surface area contributed by atoms with Gasteiger partial charge >= 0.3 is 5.97 Å². The van der Waals surface area contributed by atoms with Crippen LogP contribution < -0.4 is 10.9 Å². The molecule has 0 saturated carbocycles. The molecule has 0 saturated heterocycles. The second-order valence-corrected chi connectivity index (χ2v) is 7.84. The van der Waals surface area contributed by atoms with Crippen LogP contribution in [-0.4, -0.2) is 32.3 Å².